The third-order valence-corrected chi connectivity index (χ3v) is 5.37. The van der Waals surface area contributed by atoms with Gasteiger partial charge >= 0.3 is 5.97 Å². The highest BCUT2D eigenvalue weighted by Gasteiger charge is 2.20. The zero-order valence-corrected chi connectivity index (χ0v) is 15.7. The van der Waals surface area contributed by atoms with E-state index in [9.17, 15) is 4.79 Å². The van der Waals surface area contributed by atoms with Crippen LogP contribution >= 0.6 is 11.3 Å². The third-order valence-electron chi connectivity index (χ3n) is 4.35. The van der Waals surface area contributed by atoms with E-state index in [1.807, 2.05) is 55.5 Å². The Kier molecular flexibility index (Phi) is 5.07. The van der Waals surface area contributed by atoms with E-state index in [1.165, 1.54) is 11.3 Å². The Morgan fingerprint density at radius 3 is 2.74 bits per heavy atom. The normalized spacial score (nSPS) is 13.8. The molecule has 0 saturated heterocycles. The summed E-state index contributed by atoms with van der Waals surface area (Å²) in [6.45, 7) is 3.11. The maximum Gasteiger partial charge on any atom is 0.313 e. The highest BCUT2D eigenvalue weighted by atomic mass is 32.1. The summed E-state index contributed by atoms with van der Waals surface area (Å²) in [5, 5.41) is 0.918. The second-order valence-corrected chi connectivity index (χ2v) is 7.35. The Labute approximate surface area is 161 Å². The first-order valence-corrected chi connectivity index (χ1v) is 9.58. The fourth-order valence-corrected chi connectivity index (χ4v) is 3.65. The number of thiazole rings is 1. The number of nitrogens with zero attached hydrogens (tertiary/aromatic N) is 1. The molecule has 1 atom stereocenters. The quantitative estimate of drug-likeness (QED) is 0.612. The van der Waals surface area contributed by atoms with E-state index in [2.05, 4.69) is 4.98 Å². The summed E-state index contributed by atoms with van der Waals surface area (Å²) in [7, 11) is 0. The minimum atomic E-state index is -0.387. The van der Waals surface area contributed by atoms with E-state index in [0.717, 1.165) is 21.0 Å². The molecule has 5 nitrogen and oxygen atoms in total. The second-order valence-electron chi connectivity index (χ2n) is 6.23. The van der Waals surface area contributed by atoms with Gasteiger partial charge in [0.1, 0.15) is 24.8 Å². The number of carbonyl (C=O) groups excluding carboxylic acids is 1. The van der Waals surface area contributed by atoms with Crippen LogP contribution in [0.1, 0.15) is 23.3 Å². The molecule has 4 rings (SSSR count). The van der Waals surface area contributed by atoms with Crippen LogP contribution in [0, 0.1) is 0 Å². The zero-order valence-electron chi connectivity index (χ0n) is 14.9. The van der Waals surface area contributed by atoms with Gasteiger partial charge in [0.2, 0.25) is 0 Å². The molecular weight excluding hydrogens is 362 g/mol. The maximum absolute atomic E-state index is 12.5. The largest absolute Gasteiger partial charge is 0.486 e. The smallest absolute Gasteiger partial charge is 0.313 e. The molecule has 1 aliphatic rings. The van der Waals surface area contributed by atoms with Gasteiger partial charge in [0, 0.05) is 11.8 Å². The summed E-state index contributed by atoms with van der Waals surface area (Å²) in [6, 6.07) is 15.5. The van der Waals surface area contributed by atoms with Gasteiger partial charge in [0.05, 0.1) is 10.8 Å². The van der Waals surface area contributed by atoms with Crippen molar-refractivity contribution in [1.82, 2.24) is 4.98 Å². The van der Waals surface area contributed by atoms with Crippen LogP contribution in [0.15, 0.2) is 54.7 Å². The minimum Gasteiger partial charge on any atom is -0.486 e. The molecule has 3 aromatic rings. The topological polar surface area (TPSA) is 57.7 Å². The first-order valence-electron chi connectivity index (χ1n) is 8.77. The summed E-state index contributed by atoms with van der Waals surface area (Å²) >= 11 is 1.53. The molecule has 2 aromatic carbocycles. The summed E-state index contributed by atoms with van der Waals surface area (Å²) in [5.41, 5.74) is 1.91. The second kappa shape index (κ2) is 7.80. The minimum absolute atomic E-state index is 0.220. The number of ether oxygens (including phenoxy) is 3. The molecular formula is C21H19NO4S. The molecule has 1 aromatic heterocycles. The van der Waals surface area contributed by atoms with Crippen LogP contribution in [-0.2, 0) is 16.1 Å². The Balaban J connectivity index is 1.39. The van der Waals surface area contributed by atoms with Crippen molar-refractivity contribution in [3.8, 4) is 22.1 Å². The SMILES string of the molecule is CC(C(=O)OCc1cnc(-c2ccccc2)s1)c1ccc2c(c1)OCCO2. The van der Waals surface area contributed by atoms with Crippen molar-refractivity contribution < 1.29 is 19.0 Å². The highest BCUT2D eigenvalue weighted by Crippen LogP contribution is 2.33. The molecule has 0 bridgehead atoms. The molecule has 0 fully saturated rings. The number of hydrogen-bond acceptors (Lipinski definition) is 6. The van der Waals surface area contributed by atoms with Crippen LogP contribution < -0.4 is 9.47 Å². The van der Waals surface area contributed by atoms with Crippen molar-refractivity contribution in [2.45, 2.75) is 19.4 Å². The predicted octanol–water partition coefficient (Wildman–Crippen LogP) is 4.43. The van der Waals surface area contributed by atoms with E-state index in [1.54, 1.807) is 6.20 Å². The van der Waals surface area contributed by atoms with E-state index in [0.29, 0.717) is 24.7 Å². The molecule has 0 spiro atoms. The van der Waals surface area contributed by atoms with Crippen molar-refractivity contribution in [1.29, 1.82) is 0 Å². The Morgan fingerprint density at radius 1 is 1.15 bits per heavy atom. The fraction of sp³-hybridized carbons (Fsp3) is 0.238. The number of hydrogen-bond donors (Lipinski definition) is 0. The average Bonchev–Trinajstić information content (AvgIpc) is 3.21. The van der Waals surface area contributed by atoms with Crippen molar-refractivity contribution in [2.75, 3.05) is 13.2 Å². The van der Waals surface area contributed by atoms with Gasteiger partial charge in [-0.2, -0.15) is 0 Å². The number of carbonyl (C=O) groups is 1. The van der Waals surface area contributed by atoms with Gasteiger partial charge in [-0.15, -0.1) is 11.3 Å². The first-order chi connectivity index (χ1) is 13.2. The summed E-state index contributed by atoms with van der Waals surface area (Å²) < 4.78 is 16.6. The fourth-order valence-electron chi connectivity index (χ4n) is 2.82. The van der Waals surface area contributed by atoms with Crippen LogP contribution in [0.5, 0.6) is 11.5 Å². The maximum atomic E-state index is 12.5. The van der Waals surface area contributed by atoms with Crippen LogP contribution in [-0.4, -0.2) is 24.2 Å². The molecule has 138 valence electrons. The van der Waals surface area contributed by atoms with Crippen molar-refractivity contribution >= 4 is 17.3 Å². The van der Waals surface area contributed by atoms with Crippen molar-refractivity contribution in [3.05, 3.63) is 65.2 Å². The number of benzene rings is 2. The molecule has 0 aliphatic carbocycles. The van der Waals surface area contributed by atoms with Crippen LogP contribution in [0.3, 0.4) is 0 Å². The zero-order chi connectivity index (χ0) is 18.6. The molecule has 6 heteroatoms. The average molecular weight is 381 g/mol. The summed E-state index contributed by atoms with van der Waals surface area (Å²) in [5.74, 6) is 0.723. The molecule has 2 heterocycles. The van der Waals surface area contributed by atoms with Gasteiger partial charge in [-0.3, -0.25) is 4.79 Å². The van der Waals surface area contributed by atoms with Crippen LogP contribution in [0.2, 0.25) is 0 Å². The molecule has 27 heavy (non-hydrogen) atoms. The Hall–Kier alpha value is -2.86. The molecule has 1 aliphatic heterocycles. The number of fused-ring (bicyclic) bond motifs is 1. The molecule has 1 unspecified atom stereocenters. The number of rotatable bonds is 5. The molecule has 0 amide bonds. The van der Waals surface area contributed by atoms with Gasteiger partial charge in [0.25, 0.3) is 0 Å². The molecule has 0 saturated carbocycles. The van der Waals surface area contributed by atoms with E-state index < -0.39 is 0 Å². The summed E-state index contributed by atoms with van der Waals surface area (Å²) in [6.07, 6.45) is 1.76. The predicted molar refractivity (Wildman–Crippen MR) is 103 cm³/mol. The monoisotopic (exact) mass is 381 g/mol. The van der Waals surface area contributed by atoms with Crippen molar-refractivity contribution in [2.24, 2.45) is 0 Å². The van der Waals surface area contributed by atoms with E-state index in [-0.39, 0.29) is 18.5 Å². The standard InChI is InChI=1S/C21H19NO4S/c1-14(16-7-8-18-19(11-16)25-10-9-24-18)21(23)26-13-17-12-22-20(27-17)15-5-3-2-4-6-15/h2-8,11-12,14H,9-10,13H2,1H3. The van der Waals surface area contributed by atoms with Gasteiger partial charge < -0.3 is 14.2 Å². The van der Waals surface area contributed by atoms with Gasteiger partial charge in [-0.05, 0) is 24.6 Å². The number of aromatic nitrogens is 1. The summed E-state index contributed by atoms with van der Waals surface area (Å²) in [4.78, 5) is 17.8. The molecule has 0 radical (unpaired) electrons. The number of esters is 1. The lowest BCUT2D eigenvalue weighted by molar-refractivity contribution is -0.146. The lowest BCUT2D eigenvalue weighted by Gasteiger charge is -2.20. The van der Waals surface area contributed by atoms with Crippen molar-refractivity contribution in [3.63, 3.8) is 0 Å². The highest BCUT2D eigenvalue weighted by molar-refractivity contribution is 7.15. The van der Waals surface area contributed by atoms with Gasteiger partial charge in [0.15, 0.2) is 11.5 Å². The Morgan fingerprint density at radius 2 is 1.93 bits per heavy atom. The van der Waals surface area contributed by atoms with Crippen LogP contribution in [0.25, 0.3) is 10.6 Å². The lowest BCUT2D eigenvalue weighted by atomic mass is 10.0. The van der Waals surface area contributed by atoms with E-state index >= 15 is 0 Å². The Bertz CT molecular complexity index is 938. The van der Waals surface area contributed by atoms with Gasteiger partial charge in [-0.1, -0.05) is 36.4 Å². The van der Waals surface area contributed by atoms with Crippen LogP contribution in [0.4, 0.5) is 0 Å². The van der Waals surface area contributed by atoms with E-state index in [4.69, 9.17) is 14.2 Å². The third kappa shape index (κ3) is 3.95. The lowest BCUT2D eigenvalue weighted by Crippen LogP contribution is -2.17. The molecule has 0 N–H and O–H groups in total. The van der Waals surface area contributed by atoms with Gasteiger partial charge in [-0.25, -0.2) is 4.98 Å². The first kappa shape index (κ1) is 17.5.